The minimum absolute atomic E-state index is 0.102. The number of nitrogens with zero attached hydrogens (tertiary/aromatic N) is 1. The van der Waals surface area contributed by atoms with Gasteiger partial charge in [-0.25, -0.2) is 0 Å². The Kier molecular flexibility index (Phi) is 2.43. The minimum Gasteiger partial charge on any atom is -0.342 e. The molecule has 1 aromatic heterocycles. The highest BCUT2D eigenvalue weighted by Crippen LogP contribution is 2.48. The second kappa shape index (κ2) is 4.10. The van der Waals surface area contributed by atoms with Crippen LogP contribution in [0.2, 0.25) is 0 Å². The number of carbonyl (C=O) groups is 1. The zero-order valence-electron chi connectivity index (χ0n) is 12.3. The molecule has 3 nitrogen and oxygen atoms in total. The highest BCUT2D eigenvalue weighted by Gasteiger charge is 2.48. The average molecular weight is 278 g/mol. The molecule has 3 heteroatoms. The first-order valence-electron chi connectivity index (χ1n) is 7.36. The maximum atomic E-state index is 12.6. The van der Waals surface area contributed by atoms with Gasteiger partial charge in [-0.05, 0) is 44.0 Å². The molecule has 1 aliphatic heterocycles. The first-order valence-corrected chi connectivity index (χ1v) is 7.36. The van der Waals surface area contributed by atoms with Gasteiger partial charge < -0.3 is 9.88 Å². The number of hydrogen-bond acceptors (Lipinski definition) is 1. The zero-order chi connectivity index (χ0) is 14.6. The third kappa shape index (κ3) is 1.57. The Labute approximate surface area is 124 Å². The van der Waals surface area contributed by atoms with Crippen LogP contribution in [0.15, 0.2) is 48.6 Å². The molecule has 1 N–H and O–H groups in total. The maximum absolute atomic E-state index is 12.6. The number of carbonyl (C=O) groups excluding carboxylic acids is 1. The van der Waals surface area contributed by atoms with Gasteiger partial charge in [-0.1, -0.05) is 30.4 Å². The molecule has 21 heavy (non-hydrogen) atoms. The number of para-hydroxylation sites is 1. The smallest absolute Gasteiger partial charge is 0.239 e. The van der Waals surface area contributed by atoms with Gasteiger partial charge in [-0.2, -0.15) is 0 Å². The van der Waals surface area contributed by atoms with Gasteiger partial charge in [0.15, 0.2) is 0 Å². The normalized spacial score (nSPS) is 26.4. The summed E-state index contributed by atoms with van der Waals surface area (Å²) in [5, 5.41) is 3.03. The Bertz CT molecular complexity index is 752. The lowest BCUT2D eigenvalue weighted by molar-refractivity contribution is -0.119. The standard InChI is InChI=1S/C18H18N2O/c1-12-7-8-13(2)20(12)14-9-10-18(11-14)15-5-3-4-6-16(15)19-17(18)21/h3-10,14H,11H2,1-2H3,(H,19,21)/t14-,18+/m1/s1. The number of benzene rings is 1. The van der Waals surface area contributed by atoms with Gasteiger partial charge in [0.1, 0.15) is 0 Å². The number of allylic oxidation sites excluding steroid dienone is 1. The van der Waals surface area contributed by atoms with E-state index in [0.29, 0.717) is 0 Å². The van der Waals surface area contributed by atoms with Gasteiger partial charge >= 0.3 is 0 Å². The molecule has 1 aromatic carbocycles. The highest BCUT2D eigenvalue weighted by molar-refractivity contribution is 6.08. The van der Waals surface area contributed by atoms with Crippen molar-refractivity contribution in [2.45, 2.75) is 31.7 Å². The summed E-state index contributed by atoms with van der Waals surface area (Å²) in [6.07, 6.45) is 5.08. The van der Waals surface area contributed by atoms with Crippen molar-refractivity contribution in [1.29, 1.82) is 0 Å². The van der Waals surface area contributed by atoms with E-state index in [1.54, 1.807) is 0 Å². The molecule has 4 rings (SSSR count). The van der Waals surface area contributed by atoms with E-state index in [2.05, 4.69) is 54.1 Å². The highest BCUT2D eigenvalue weighted by atomic mass is 16.2. The van der Waals surface area contributed by atoms with E-state index >= 15 is 0 Å². The van der Waals surface area contributed by atoms with E-state index in [1.165, 1.54) is 11.4 Å². The van der Waals surface area contributed by atoms with E-state index < -0.39 is 5.41 Å². The molecule has 2 aromatic rings. The predicted octanol–water partition coefficient (Wildman–Crippen LogP) is 3.50. The average Bonchev–Trinajstić information content (AvgIpc) is 3.11. The summed E-state index contributed by atoms with van der Waals surface area (Å²) in [7, 11) is 0. The van der Waals surface area contributed by atoms with Crippen LogP contribution in [0.5, 0.6) is 0 Å². The summed E-state index contributed by atoms with van der Waals surface area (Å²) in [4.78, 5) is 12.6. The molecule has 2 heterocycles. The summed E-state index contributed by atoms with van der Waals surface area (Å²) < 4.78 is 2.32. The quantitative estimate of drug-likeness (QED) is 0.796. The summed E-state index contributed by atoms with van der Waals surface area (Å²) in [5.41, 5.74) is 4.05. The number of hydrogen-bond donors (Lipinski definition) is 1. The number of fused-ring (bicyclic) bond motifs is 2. The second-order valence-electron chi connectivity index (χ2n) is 6.09. The van der Waals surface area contributed by atoms with Gasteiger partial charge in [-0.3, -0.25) is 4.79 Å². The zero-order valence-corrected chi connectivity index (χ0v) is 12.3. The second-order valence-corrected chi connectivity index (χ2v) is 6.09. The third-order valence-corrected chi connectivity index (χ3v) is 4.85. The largest absolute Gasteiger partial charge is 0.342 e. The number of amides is 1. The summed E-state index contributed by atoms with van der Waals surface area (Å²) >= 11 is 0. The molecule has 0 fully saturated rings. The van der Waals surface area contributed by atoms with Crippen LogP contribution in [0.25, 0.3) is 0 Å². The third-order valence-electron chi connectivity index (χ3n) is 4.85. The Balaban J connectivity index is 1.78. The van der Waals surface area contributed by atoms with Crippen molar-refractivity contribution in [3.63, 3.8) is 0 Å². The lowest BCUT2D eigenvalue weighted by atomic mass is 9.80. The lowest BCUT2D eigenvalue weighted by Crippen LogP contribution is -2.31. The molecule has 0 saturated heterocycles. The molecule has 106 valence electrons. The van der Waals surface area contributed by atoms with E-state index in [0.717, 1.165) is 17.7 Å². The lowest BCUT2D eigenvalue weighted by Gasteiger charge is -2.23. The number of aryl methyl sites for hydroxylation is 2. The van der Waals surface area contributed by atoms with Crippen LogP contribution >= 0.6 is 0 Å². The molecule has 1 amide bonds. The molecule has 2 atom stereocenters. The summed E-state index contributed by atoms with van der Waals surface area (Å²) in [5.74, 6) is 0.102. The Morgan fingerprint density at radius 1 is 1.14 bits per heavy atom. The van der Waals surface area contributed by atoms with Crippen LogP contribution in [-0.2, 0) is 10.2 Å². The molecule has 1 aliphatic carbocycles. The van der Waals surface area contributed by atoms with Crippen LogP contribution < -0.4 is 5.32 Å². The number of anilines is 1. The molecule has 1 spiro atoms. The minimum atomic E-state index is -0.496. The first-order chi connectivity index (χ1) is 10.1. The van der Waals surface area contributed by atoms with Crippen LogP contribution in [0.4, 0.5) is 5.69 Å². The molecule has 0 unspecified atom stereocenters. The van der Waals surface area contributed by atoms with Gasteiger partial charge in [0.25, 0.3) is 0 Å². The van der Waals surface area contributed by atoms with Crippen molar-refractivity contribution in [1.82, 2.24) is 4.57 Å². The van der Waals surface area contributed by atoms with Gasteiger partial charge in [0.2, 0.25) is 5.91 Å². The Morgan fingerprint density at radius 2 is 1.86 bits per heavy atom. The number of nitrogens with one attached hydrogen (secondary N) is 1. The fourth-order valence-corrected chi connectivity index (χ4v) is 3.83. The summed E-state index contributed by atoms with van der Waals surface area (Å²) in [6.45, 7) is 4.24. The van der Waals surface area contributed by atoms with Crippen molar-refractivity contribution >= 4 is 11.6 Å². The van der Waals surface area contributed by atoms with Gasteiger partial charge in [0, 0.05) is 17.1 Å². The fourth-order valence-electron chi connectivity index (χ4n) is 3.83. The Morgan fingerprint density at radius 3 is 2.62 bits per heavy atom. The van der Waals surface area contributed by atoms with E-state index in [-0.39, 0.29) is 11.9 Å². The summed E-state index contributed by atoms with van der Waals surface area (Å²) in [6, 6.07) is 12.5. The molecular formula is C18H18N2O. The number of rotatable bonds is 1. The van der Waals surface area contributed by atoms with Gasteiger partial charge in [0.05, 0.1) is 11.5 Å². The molecule has 0 saturated carbocycles. The van der Waals surface area contributed by atoms with E-state index in [1.807, 2.05) is 18.2 Å². The monoisotopic (exact) mass is 278 g/mol. The number of aromatic nitrogens is 1. The predicted molar refractivity (Wildman–Crippen MR) is 83.4 cm³/mol. The van der Waals surface area contributed by atoms with E-state index in [9.17, 15) is 4.79 Å². The topological polar surface area (TPSA) is 34.0 Å². The molecular weight excluding hydrogens is 260 g/mol. The molecule has 2 aliphatic rings. The van der Waals surface area contributed by atoms with Crippen LogP contribution in [0.3, 0.4) is 0 Å². The van der Waals surface area contributed by atoms with Crippen molar-refractivity contribution in [2.24, 2.45) is 0 Å². The SMILES string of the molecule is Cc1ccc(C)n1[C@@H]1C=C[C@@]2(C1)C(=O)Nc1ccccc12. The fraction of sp³-hybridized carbons (Fsp3) is 0.278. The molecule has 0 radical (unpaired) electrons. The van der Waals surface area contributed by atoms with Crippen molar-refractivity contribution in [3.8, 4) is 0 Å². The van der Waals surface area contributed by atoms with Crippen molar-refractivity contribution < 1.29 is 4.79 Å². The van der Waals surface area contributed by atoms with E-state index in [4.69, 9.17) is 0 Å². The molecule has 0 bridgehead atoms. The van der Waals surface area contributed by atoms with Crippen LogP contribution in [0, 0.1) is 13.8 Å². The maximum Gasteiger partial charge on any atom is 0.239 e. The van der Waals surface area contributed by atoms with Crippen molar-refractivity contribution in [2.75, 3.05) is 5.32 Å². The van der Waals surface area contributed by atoms with Gasteiger partial charge in [-0.15, -0.1) is 0 Å². The van der Waals surface area contributed by atoms with Crippen LogP contribution in [0.1, 0.15) is 29.4 Å². The first kappa shape index (κ1) is 12.5. The van der Waals surface area contributed by atoms with Crippen LogP contribution in [-0.4, -0.2) is 10.5 Å². The Hall–Kier alpha value is -2.29. The van der Waals surface area contributed by atoms with Crippen molar-refractivity contribution in [3.05, 3.63) is 65.5 Å².